The standard InChI is InChI=1S/C20H23N5O2/c1-27-17-7-3-2-5-15(17)20(26)24-11-8-14(13-24)18-16-6-4-10-22-19(16)25(23-18)12-9-21/h2-7,10,14H,8-9,11-13,21H2,1H3/t14-/m1/s1. The number of nitrogens with two attached hydrogens (primary N) is 1. The Balaban J connectivity index is 1.60. The van der Waals surface area contributed by atoms with Crippen molar-refractivity contribution in [2.24, 2.45) is 5.73 Å². The first-order valence-corrected chi connectivity index (χ1v) is 9.16. The lowest BCUT2D eigenvalue weighted by Gasteiger charge is -2.18. The average Bonchev–Trinajstić information content (AvgIpc) is 3.33. The van der Waals surface area contributed by atoms with E-state index in [0.717, 1.165) is 23.1 Å². The molecule has 3 aromatic rings. The number of carbonyl (C=O) groups is 1. The van der Waals surface area contributed by atoms with E-state index in [1.165, 1.54) is 0 Å². The van der Waals surface area contributed by atoms with Crippen LogP contribution in [0.2, 0.25) is 0 Å². The van der Waals surface area contributed by atoms with Gasteiger partial charge in [0.2, 0.25) is 0 Å². The Labute approximate surface area is 157 Å². The Hall–Kier alpha value is -2.93. The smallest absolute Gasteiger partial charge is 0.257 e. The van der Waals surface area contributed by atoms with E-state index < -0.39 is 0 Å². The molecule has 0 radical (unpaired) electrons. The van der Waals surface area contributed by atoms with E-state index in [9.17, 15) is 4.79 Å². The highest BCUT2D eigenvalue weighted by atomic mass is 16.5. The third-order valence-corrected chi connectivity index (χ3v) is 5.08. The van der Waals surface area contributed by atoms with Crippen molar-refractivity contribution < 1.29 is 9.53 Å². The van der Waals surface area contributed by atoms with Gasteiger partial charge in [0.15, 0.2) is 5.65 Å². The highest BCUT2D eigenvalue weighted by molar-refractivity contribution is 5.97. The molecule has 7 nitrogen and oxygen atoms in total. The van der Waals surface area contributed by atoms with E-state index in [1.54, 1.807) is 13.3 Å². The highest BCUT2D eigenvalue weighted by Crippen LogP contribution is 2.32. The average molecular weight is 365 g/mol. The van der Waals surface area contributed by atoms with Gasteiger partial charge in [0, 0.05) is 37.1 Å². The monoisotopic (exact) mass is 365 g/mol. The molecule has 2 N–H and O–H groups in total. The van der Waals surface area contributed by atoms with Gasteiger partial charge in [0.25, 0.3) is 5.91 Å². The van der Waals surface area contributed by atoms with Crippen LogP contribution >= 0.6 is 0 Å². The molecule has 0 aliphatic carbocycles. The van der Waals surface area contributed by atoms with Crippen LogP contribution in [-0.2, 0) is 6.54 Å². The van der Waals surface area contributed by atoms with Crippen molar-refractivity contribution in [2.75, 3.05) is 26.7 Å². The summed E-state index contributed by atoms with van der Waals surface area (Å²) in [6, 6.07) is 11.3. The van der Waals surface area contributed by atoms with Crippen molar-refractivity contribution in [1.29, 1.82) is 0 Å². The van der Waals surface area contributed by atoms with Crippen LogP contribution in [0.5, 0.6) is 5.75 Å². The Kier molecular flexibility index (Phi) is 4.77. The third kappa shape index (κ3) is 3.14. The van der Waals surface area contributed by atoms with Crippen molar-refractivity contribution in [3.63, 3.8) is 0 Å². The van der Waals surface area contributed by atoms with Gasteiger partial charge >= 0.3 is 0 Å². The number of benzene rings is 1. The summed E-state index contributed by atoms with van der Waals surface area (Å²) in [6.45, 7) is 2.48. The maximum atomic E-state index is 13.0. The molecule has 1 saturated heterocycles. The molecule has 1 fully saturated rings. The van der Waals surface area contributed by atoms with E-state index >= 15 is 0 Å². The molecule has 140 valence electrons. The SMILES string of the molecule is COc1ccccc1C(=O)N1CC[C@@H](c2nn(CCN)c3ncccc23)C1. The quantitative estimate of drug-likeness (QED) is 0.748. The summed E-state index contributed by atoms with van der Waals surface area (Å²) in [6.07, 6.45) is 2.65. The molecule has 27 heavy (non-hydrogen) atoms. The van der Waals surface area contributed by atoms with Crippen molar-refractivity contribution >= 4 is 16.9 Å². The lowest BCUT2D eigenvalue weighted by atomic mass is 10.0. The Morgan fingerprint density at radius 3 is 2.96 bits per heavy atom. The number of hydrogen-bond acceptors (Lipinski definition) is 5. The summed E-state index contributed by atoms with van der Waals surface area (Å²) in [5, 5.41) is 5.82. The Morgan fingerprint density at radius 1 is 1.30 bits per heavy atom. The van der Waals surface area contributed by atoms with E-state index in [1.807, 2.05) is 46.0 Å². The van der Waals surface area contributed by atoms with Crippen molar-refractivity contribution in [1.82, 2.24) is 19.7 Å². The summed E-state index contributed by atoms with van der Waals surface area (Å²) < 4.78 is 7.21. The molecule has 2 aromatic heterocycles. The number of likely N-dealkylation sites (tertiary alicyclic amines) is 1. The molecule has 0 unspecified atom stereocenters. The molecule has 1 aromatic carbocycles. The van der Waals surface area contributed by atoms with Gasteiger partial charge in [0.1, 0.15) is 5.75 Å². The van der Waals surface area contributed by atoms with Gasteiger partial charge in [-0.1, -0.05) is 12.1 Å². The lowest BCUT2D eigenvalue weighted by molar-refractivity contribution is 0.0787. The topological polar surface area (TPSA) is 86.3 Å². The minimum absolute atomic E-state index is 0.00114. The molecule has 0 bridgehead atoms. The molecule has 7 heteroatoms. The number of hydrogen-bond donors (Lipinski definition) is 1. The van der Waals surface area contributed by atoms with Crippen LogP contribution in [0, 0.1) is 0 Å². The number of para-hydroxylation sites is 1. The Morgan fingerprint density at radius 2 is 2.15 bits per heavy atom. The minimum Gasteiger partial charge on any atom is -0.496 e. The van der Waals surface area contributed by atoms with Crippen LogP contribution in [0.1, 0.15) is 28.4 Å². The normalized spacial score (nSPS) is 16.8. The van der Waals surface area contributed by atoms with Crippen LogP contribution < -0.4 is 10.5 Å². The number of carbonyl (C=O) groups excluding carboxylic acids is 1. The fourth-order valence-electron chi connectivity index (χ4n) is 3.77. The first kappa shape index (κ1) is 17.5. The second kappa shape index (κ2) is 7.36. The highest BCUT2D eigenvalue weighted by Gasteiger charge is 2.32. The predicted molar refractivity (Wildman–Crippen MR) is 103 cm³/mol. The number of ether oxygens (including phenoxy) is 1. The fraction of sp³-hybridized carbons (Fsp3) is 0.350. The van der Waals surface area contributed by atoms with Crippen LogP contribution in [0.3, 0.4) is 0 Å². The van der Waals surface area contributed by atoms with Gasteiger partial charge in [-0.2, -0.15) is 5.10 Å². The maximum Gasteiger partial charge on any atom is 0.257 e. The molecule has 3 heterocycles. The van der Waals surface area contributed by atoms with Gasteiger partial charge in [-0.05, 0) is 30.7 Å². The van der Waals surface area contributed by atoms with Crippen molar-refractivity contribution in [3.8, 4) is 5.75 Å². The Bertz CT molecular complexity index is 968. The first-order valence-electron chi connectivity index (χ1n) is 9.16. The number of nitrogens with zero attached hydrogens (tertiary/aromatic N) is 4. The number of rotatable bonds is 5. The summed E-state index contributed by atoms with van der Waals surface area (Å²) in [5.41, 5.74) is 8.17. The van der Waals surface area contributed by atoms with Crippen molar-refractivity contribution in [2.45, 2.75) is 18.9 Å². The third-order valence-electron chi connectivity index (χ3n) is 5.08. The van der Waals surface area contributed by atoms with Crippen LogP contribution in [-0.4, -0.2) is 52.3 Å². The van der Waals surface area contributed by atoms with E-state index in [2.05, 4.69) is 4.98 Å². The molecule has 1 aliphatic rings. The number of amides is 1. The van der Waals surface area contributed by atoms with Gasteiger partial charge in [-0.3, -0.25) is 4.79 Å². The van der Waals surface area contributed by atoms with Gasteiger partial charge < -0.3 is 15.4 Å². The van der Waals surface area contributed by atoms with Crippen LogP contribution in [0.25, 0.3) is 11.0 Å². The van der Waals surface area contributed by atoms with Crippen LogP contribution in [0.15, 0.2) is 42.6 Å². The van der Waals surface area contributed by atoms with Gasteiger partial charge in [-0.15, -0.1) is 0 Å². The molecule has 0 saturated carbocycles. The second-order valence-electron chi connectivity index (χ2n) is 6.71. The molecule has 1 atom stereocenters. The molecule has 1 aliphatic heterocycles. The largest absolute Gasteiger partial charge is 0.496 e. The van der Waals surface area contributed by atoms with Gasteiger partial charge in [-0.25, -0.2) is 9.67 Å². The zero-order valence-corrected chi connectivity index (χ0v) is 15.3. The summed E-state index contributed by atoms with van der Waals surface area (Å²) >= 11 is 0. The molecular formula is C20H23N5O2. The fourth-order valence-corrected chi connectivity index (χ4v) is 3.77. The number of fused-ring (bicyclic) bond motifs is 1. The zero-order chi connectivity index (χ0) is 18.8. The number of pyridine rings is 1. The van der Waals surface area contributed by atoms with E-state index in [0.29, 0.717) is 37.5 Å². The molecule has 1 amide bonds. The van der Waals surface area contributed by atoms with E-state index in [4.69, 9.17) is 15.6 Å². The predicted octanol–water partition coefficient (Wildman–Crippen LogP) is 2.03. The molecule has 0 spiro atoms. The minimum atomic E-state index is -0.00114. The summed E-state index contributed by atoms with van der Waals surface area (Å²) in [7, 11) is 1.59. The summed E-state index contributed by atoms with van der Waals surface area (Å²) in [4.78, 5) is 19.3. The second-order valence-corrected chi connectivity index (χ2v) is 6.71. The van der Waals surface area contributed by atoms with E-state index in [-0.39, 0.29) is 11.8 Å². The van der Waals surface area contributed by atoms with Gasteiger partial charge in [0.05, 0.1) is 24.9 Å². The zero-order valence-electron chi connectivity index (χ0n) is 15.3. The summed E-state index contributed by atoms with van der Waals surface area (Å²) in [5.74, 6) is 0.793. The number of methoxy groups -OCH3 is 1. The first-order chi connectivity index (χ1) is 13.2. The molecule has 4 rings (SSSR count). The van der Waals surface area contributed by atoms with Crippen molar-refractivity contribution in [3.05, 3.63) is 53.9 Å². The molecular weight excluding hydrogens is 342 g/mol. The maximum absolute atomic E-state index is 13.0. The van der Waals surface area contributed by atoms with Crippen LogP contribution in [0.4, 0.5) is 0 Å². The number of aromatic nitrogens is 3. The lowest BCUT2D eigenvalue weighted by Crippen LogP contribution is -2.28.